The van der Waals surface area contributed by atoms with Gasteiger partial charge >= 0.3 is 11.8 Å². The highest BCUT2D eigenvalue weighted by Crippen LogP contribution is 2.14. The van der Waals surface area contributed by atoms with E-state index in [2.05, 4.69) is 11.9 Å². The van der Waals surface area contributed by atoms with Crippen LogP contribution in [0.4, 0.5) is 5.69 Å². The Labute approximate surface area is 168 Å². The van der Waals surface area contributed by atoms with E-state index in [1.807, 2.05) is 0 Å². The van der Waals surface area contributed by atoms with Crippen molar-refractivity contribution in [3.8, 4) is 0 Å². The smallest absolute Gasteiger partial charge is 0.312 e. The minimum Gasteiger partial charge on any atom is -0.378 e. The van der Waals surface area contributed by atoms with E-state index >= 15 is 0 Å². The van der Waals surface area contributed by atoms with Crippen LogP contribution in [-0.4, -0.2) is 90.8 Å². The van der Waals surface area contributed by atoms with Crippen molar-refractivity contribution in [3.63, 3.8) is 0 Å². The van der Waals surface area contributed by atoms with E-state index in [1.165, 1.54) is 15.9 Å². The van der Waals surface area contributed by atoms with Crippen molar-refractivity contribution in [2.24, 2.45) is 0 Å². The molecule has 2 aliphatic rings. The minimum absolute atomic E-state index is 0.154. The van der Waals surface area contributed by atoms with Gasteiger partial charge in [0, 0.05) is 50.5 Å². The maximum Gasteiger partial charge on any atom is 0.312 e. The highest BCUT2D eigenvalue weighted by Gasteiger charge is 2.31. The zero-order valence-electron chi connectivity index (χ0n) is 16.1. The van der Waals surface area contributed by atoms with Crippen LogP contribution in [-0.2, 0) is 19.1 Å². The zero-order valence-corrected chi connectivity index (χ0v) is 16.1. The second-order valence-electron chi connectivity index (χ2n) is 6.76. The maximum atomic E-state index is 12.7. The molecule has 2 heterocycles. The molecule has 1 aromatic rings. The van der Waals surface area contributed by atoms with E-state index in [4.69, 9.17) is 4.74 Å². The number of hydrogen-bond donors (Lipinski definition) is 1. The van der Waals surface area contributed by atoms with Crippen LogP contribution in [0.5, 0.6) is 0 Å². The van der Waals surface area contributed by atoms with E-state index in [1.54, 1.807) is 29.2 Å². The van der Waals surface area contributed by atoms with Gasteiger partial charge in [0.25, 0.3) is 5.91 Å². The number of rotatable bonds is 3. The van der Waals surface area contributed by atoms with Crippen LogP contribution < -0.4 is 5.32 Å². The van der Waals surface area contributed by atoms with Crippen LogP contribution >= 0.6 is 0 Å². The van der Waals surface area contributed by atoms with Crippen LogP contribution in [0.2, 0.25) is 0 Å². The number of piperazine rings is 1. The SMILES string of the molecule is C=CC(=O)Nc1ccc(C(=O)N2CCN(C(=O)C(=O)N3CCOCC3)CC2)cc1. The summed E-state index contributed by atoms with van der Waals surface area (Å²) in [7, 11) is 0. The molecule has 2 aliphatic heterocycles. The molecule has 0 aliphatic carbocycles. The fraction of sp³-hybridized carbons (Fsp3) is 0.400. The normalized spacial score (nSPS) is 16.9. The molecule has 1 N–H and O–H groups in total. The molecular weight excluding hydrogens is 376 g/mol. The summed E-state index contributed by atoms with van der Waals surface area (Å²) in [6.07, 6.45) is 1.17. The summed E-state index contributed by atoms with van der Waals surface area (Å²) in [6, 6.07) is 6.58. The molecule has 2 fully saturated rings. The minimum atomic E-state index is -0.527. The van der Waals surface area contributed by atoms with Gasteiger partial charge in [-0.25, -0.2) is 0 Å². The number of nitrogens with zero attached hydrogens (tertiary/aromatic N) is 3. The van der Waals surface area contributed by atoms with Gasteiger partial charge in [0.1, 0.15) is 0 Å². The molecule has 4 amide bonds. The number of anilines is 1. The Balaban J connectivity index is 1.52. The van der Waals surface area contributed by atoms with Crippen LogP contribution in [0.3, 0.4) is 0 Å². The first kappa shape index (κ1) is 20.5. The second-order valence-corrected chi connectivity index (χ2v) is 6.76. The first-order valence-corrected chi connectivity index (χ1v) is 9.48. The van der Waals surface area contributed by atoms with Crippen LogP contribution in [0.1, 0.15) is 10.4 Å². The predicted octanol–water partition coefficient (Wildman–Crippen LogP) is -0.0457. The molecule has 0 bridgehead atoms. The Morgan fingerprint density at radius 3 is 1.90 bits per heavy atom. The number of ether oxygens (including phenoxy) is 1. The molecular formula is C20H24N4O5. The summed E-state index contributed by atoms with van der Waals surface area (Å²) in [5.41, 5.74) is 1.06. The monoisotopic (exact) mass is 400 g/mol. The topological polar surface area (TPSA) is 99.3 Å². The van der Waals surface area contributed by atoms with Gasteiger partial charge in [-0.1, -0.05) is 6.58 Å². The number of morpholine rings is 1. The van der Waals surface area contributed by atoms with Gasteiger partial charge in [0.15, 0.2) is 0 Å². The second kappa shape index (κ2) is 9.33. The lowest BCUT2D eigenvalue weighted by Crippen LogP contribution is -2.55. The average Bonchev–Trinajstić information content (AvgIpc) is 2.78. The molecule has 0 atom stereocenters. The van der Waals surface area contributed by atoms with Gasteiger partial charge in [0.2, 0.25) is 5.91 Å². The van der Waals surface area contributed by atoms with Crippen molar-refractivity contribution in [1.82, 2.24) is 14.7 Å². The van der Waals surface area contributed by atoms with Gasteiger partial charge in [-0.3, -0.25) is 19.2 Å². The van der Waals surface area contributed by atoms with Gasteiger partial charge in [-0.05, 0) is 30.3 Å². The van der Waals surface area contributed by atoms with E-state index in [0.29, 0.717) is 63.7 Å². The van der Waals surface area contributed by atoms with Crippen molar-refractivity contribution in [3.05, 3.63) is 42.5 Å². The van der Waals surface area contributed by atoms with Crippen molar-refractivity contribution >= 4 is 29.3 Å². The molecule has 2 saturated heterocycles. The summed E-state index contributed by atoms with van der Waals surface area (Å²) >= 11 is 0. The quantitative estimate of drug-likeness (QED) is 0.567. The molecule has 0 aromatic heterocycles. The third-order valence-corrected chi connectivity index (χ3v) is 4.92. The van der Waals surface area contributed by atoms with E-state index in [-0.39, 0.29) is 11.8 Å². The summed E-state index contributed by atoms with van der Waals surface area (Å²) in [4.78, 5) is 53.4. The third kappa shape index (κ3) is 5.00. The van der Waals surface area contributed by atoms with Crippen molar-refractivity contribution in [2.45, 2.75) is 0 Å². The Morgan fingerprint density at radius 1 is 0.828 bits per heavy atom. The Morgan fingerprint density at radius 2 is 1.34 bits per heavy atom. The van der Waals surface area contributed by atoms with Crippen LogP contribution in [0, 0.1) is 0 Å². The molecule has 0 saturated carbocycles. The molecule has 9 heteroatoms. The molecule has 0 radical (unpaired) electrons. The molecule has 154 valence electrons. The Hall–Kier alpha value is -3.20. The van der Waals surface area contributed by atoms with Gasteiger partial charge in [-0.15, -0.1) is 0 Å². The largest absolute Gasteiger partial charge is 0.378 e. The standard InChI is InChI=1S/C20H24N4O5/c1-2-17(25)21-16-5-3-15(4-6-16)18(26)22-7-9-23(10-8-22)19(27)20(28)24-11-13-29-14-12-24/h2-6H,1,7-14H2,(H,21,25). The molecule has 9 nitrogen and oxygen atoms in total. The first-order chi connectivity index (χ1) is 14.0. The molecule has 0 unspecified atom stereocenters. The number of carbonyl (C=O) groups excluding carboxylic acids is 4. The number of benzene rings is 1. The lowest BCUT2D eigenvalue weighted by Gasteiger charge is -2.35. The van der Waals surface area contributed by atoms with E-state index in [0.717, 1.165) is 0 Å². The van der Waals surface area contributed by atoms with Gasteiger partial charge in [-0.2, -0.15) is 0 Å². The molecule has 1 aromatic carbocycles. The van der Waals surface area contributed by atoms with Gasteiger partial charge in [0.05, 0.1) is 13.2 Å². The van der Waals surface area contributed by atoms with Crippen LogP contribution in [0.15, 0.2) is 36.9 Å². The Kier molecular flexibility index (Phi) is 6.61. The summed E-state index contributed by atoms with van der Waals surface area (Å²) in [5.74, 6) is -1.51. The Bertz CT molecular complexity index is 794. The highest BCUT2D eigenvalue weighted by molar-refractivity contribution is 6.35. The van der Waals surface area contributed by atoms with Gasteiger partial charge < -0.3 is 24.8 Å². The van der Waals surface area contributed by atoms with E-state index in [9.17, 15) is 19.2 Å². The fourth-order valence-corrected chi connectivity index (χ4v) is 3.22. The van der Waals surface area contributed by atoms with Crippen LogP contribution in [0.25, 0.3) is 0 Å². The summed E-state index contributed by atoms with van der Waals surface area (Å²) in [6.45, 7) is 6.46. The van der Waals surface area contributed by atoms with Crippen molar-refractivity contribution in [1.29, 1.82) is 0 Å². The first-order valence-electron chi connectivity index (χ1n) is 9.48. The summed E-state index contributed by atoms with van der Waals surface area (Å²) in [5, 5.41) is 2.62. The molecule has 3 rings (SSSR count). The zero-order chi connectivity index (χ0) is 20.8. The van der Waals surface area contributed by atoms with E-state index < -0.39 is 11.8 Å². The molecule has 29 heavy (non-hydrogen) atoms. The number of amides is 4. The van der Waals surface area contributed by atoms with Crippen molar-refractivity contribution < 1.29 is 23.9 Å². The number of carbonyl (C=O) groups is 4. The van der Waals surface area contributed by atoms with Crippen molar-refractivity contribution in [2.75, 3.05) is 57.8 Å². The summed E-state index contributed by atoms with van der Waals surface area (Å²) < 4.78 is 5.20. The predicted molar refractivity (Wildman–Crippen MR) is 105 cm³/mol. The highest BCUT2D eigenvalue weighted by atomic mass is 16.5. The average molecular weight is 400 g/mol. The lowest BCUT2D eigenvalue weighted by atomic mass is 10.1. The third-order valence-electron chi connectivity index (χ3n) is 4.92. The fourth-order valence-electron chi connectivity index (χ4n) is 3.22. The number of nitrogens with one attached hydrogen (secondary N) is 1. The lowest BCUT2D eigenvalue weighted by molar-refractivity contribution is -0.154. The maximum absolute atomic E-state index is 12.7. The molecule has 0 spiro atoms. The number of hydrogen-bond acceptors (Lipinski definition) is 5.